The minimum atomic E-state index is -1.66. The normalized spacial score (nSPS) is 50.3. The van der Waals surface area contributed by atoms with Crippen molar-refractivity contribution in [3.8, 4) is 0 Å². The molecule has 3 aliphatic heterocycles. The molecule has 3 saturated heterocycles. The molecule has 0 saturated carbocycles. The molecule has 0 unspecified atom stereocenters. The fourth-order valence-corrected chi connectivity index (χ4v) is 4.06. The maximum Gasteiger partial charge on any atom is 0.187 e. The number of methoxy groups -OCH3 is 1. The van der Waals surface area contributed by atoms with Gasteiger partial charge < -0.3 is 64.2 Å². The van der Waals surface area contributed by atoms with E-state index in [1.54, 1.807) is 6.92 Å². The molecular weight excluding hydrogens is 436 g/mol. The Bertz CT molecular complexity index is 579. The van der Waals surface area contributed by atoms with Crippen LogP contribution in [0.4, 0.5) is 0 Å². The van der Waals surface area contributed by atoms with Crippen LogP contribution in [-0.2, 0) is 28.4 Å². The molecule has 0 aliphatic carbocycles. The zero-order valence-corrected chi connectivity index (χ0v) is 17.9. The van der Waals surface area contributed by atoms with Crippen molar-refractivity contribution in [2.75, 3.05) is 20.3 Å². The first-order chi connectivity index (χ1) is 15.2. The van der Waals surface area contributed by atoms with Crippen molar-refractivity contribution < 1.29 is 64.2 Å². The summed E-state index contributed by atoms with van der Waals surface area (Å²) in [5, 5.41) is 69.5. The molecule has 3 rings (SSSR count). The molecule has 188 valence electrons. The molecule has 0 spiro atoms. The van der Waals surface area contributed by atoms with E-state index in [2.05, 4.69) is 0 Å². The highest BCUT2D eigenvalue weighted by atomic mass is 16.8. The van der Waals surface area contributed by atoms with Crippen molar-refractivity contribution in [3.63, 3.8) is 0 Å². The molecule has 32 heavy (non-hydrogen) atoms. The average molecular weight is 470 g/mol. The third-order valence-electron chi connectivity index (χ3n) is 6.03. The summed E-state index contributed by atoms with van der Waals surface area (Å²) in [4.78, 5) is 0. The van der Waals surface area contributed by atoms with Gasteiger partial charge in [0.05, 0.1) is 37.6 Å². The molecule has 0 aromatic carbocycles. The molecule has 3 fully saturated rings. The number of hydrogen-bond acceptors (Lipinski definition) is 13. The molecular formula is C19H34O13. The van der Waals surface area contributed by atoms with E-state index in [1.165, 1.54) is 7.11 Å². The van der Waals surface area contributed by atoms with Crippen LogP contribution in [0.15, 0.2) is 0 Å². The van der Waals surface area contributed by atoms with E-state index in [-0.39, 0.29) is 19.4 Å². The Kier molecular flexibility index (Phi) is 9.19. The molecule has 7 N–H and O–H groups in total. The second kappa shape index (κ2) is 11.3. The fourth-order valence-electron chi connectivity index (χ4n) is 4.06. The monoisotopic (exact) mass is 470 g/mol. The topological polar surface area (TPSA) is 197 Å². The van der Waals surface area contributed by atoms with Crippen LogP contribution in [0.1, 0.15) is 19.8 Å². The summed E-state index contributed by atoms with van der Waals surface area (Å²) in [6.07, 6.45) is -14.9. The largest absolute Gasteiger partial charge is 0.394 e. The lowest BCUT2D eigenvalue weighted by atomic mass is 9.98. The van der Waals surface area contributed by atoms with Crippen molar-refractivity contribution in [3.05, 3.63) is 0 Å². The van der Waals surface area contributed by atoms with E-state index in [0.717, 1.165) is 0 Å². The van der Waals surface area contributed by atoms with Gasteiger partial charge in [0.2, 0.25) is 0 Å². The van der Waals surface area contributed by atoms with Crippen LogP contribution in [-0.4, -0.2) is 136 Å². The highest BCUT2D eigenvalue weighted by Gasteiger charge is 2.50. The molecule has 0 radical (unpaired) electrons. The smallest absolute Gasteiger partial charge is 0.187 e. The summed E-state index contributed by atoms with van der Waals surface area (Å²) >= 11 is 0. The summed E-state index contributed by atoms with van der Waals surface area (Å²) in [6, 6.07) is 0. The number of aliphatic hydroxyl groups excluding tert-OH is 7. The molecule has 3 heterocycles. The van der Waals surface area contributed by atoms with Gasteiger partial charge in [-0.3, -0.25) is 0 Å². The van der Waals surface area contributed by atoms with Crippen LogP contribution in [0.5, 0.6) is 0 Å². The molecule has 13 atom stereocenters. The Balaban J connectivity index is 1.78. The quantitative estimate of drug-likeness (QED) is 0.191. The summed E-state index contributed by atoms with van der Waals surface area (Å²) in [5.41, 5.74) is 0. The van der Waals surface area contributed by atoms with E-state index >= 15 is 0 Å². The molecule has 13 heteroatoms. The fraction of sp³-hybridized carbons (Fsp3) is 1.00. The number of aliphatic hydroxyl groups is 7. The second-order valence-electron chi connectivity index (χ2n) is 8.33. The zero-order chi connectivity index (χ0) is 23.6. The van der Waals surface area contributed by atoms with Crippen molar-refractivity contribution in [2.45, 2.75) is 99.7 Å². The van der Waals surface area contributed by atoms with Gasteiger partial charge in [-0.2, -0.15) is 0 Å². The third-order valence-corrected chi connectivity index (χ3v) is 6.03. The lowest BCUT2D eigenvalue weighted by molar-refractivity contribution is -0.371. The van der Waals surface area contributed by atoms with Gasteiger partial charge in [0.25, 0.3) is 0 Å². The number of rotatable bonds is 7. The van der Waals surface area contributed by atoms with Crippen LogP contribution < -0.4 is 0 Å². The van der Waals surface area contributed by atoms with Crippen LogP contribution in [0.25, 0.3) is 0 Å². The van der Waals surface area contributed by atoms with E-state index in [1.807, 2.05) is 0 Å². The van der Waals surface area contributed by atoms with E-state index in [0.29, 0.717) is 0 Å². The number of hydrogen-bond donors (Lipinski definition) is 7. The van der Waals surface area contributed by atoms with Crippen molar-refractivity contribution in [2.24, 2.45) is 0 Å². The molecule has 0 bridgehead atoms. The number of ether oxygens (including phenoxy) is 6. The minimum Gasteiger partial charge on any atom is -0.394 e. The van der Waals surface area contributed by atoms with Gasteiger partial charge in [-0.25, -0.2) is 0 Å². The predicted molar refractivity (Wildman–Crippen MR) is 102 cm³/mol. The van der Waals surface area contributed by atoms with Crippen LogP contribution in [0, 0.1) is 0 Å². The molecule has 3 aliphatic rings. The van der Waals surface area contributed by atoms with Gasteiger partial charge in [-0.05, 0) is 6.92 Å². The van der Waals surface area contributed by atoms with Gasteiger partial charge in [0, 0.05) is 20.0 Å². The first-order valence-corrected chi connectivity index (χ1v) is 10.6. The van der Waals surface area contributed by atoms with Crippen LogP contribution in [0.3, 0.4) is 0 Å². The minimum absolute atomic E-state index is 0.0322. The highest BCUT2D eigenvalue weighted by Crippen LogP contribution is 2.33. The van der Waals surface area contributed by atoms with Crippen LogP contribution in [0.2, 0.25) is 0 Å². The first kappa shape index (κ1) is 26.1. The van der Waals surface area contributed by atoms with E-state index in [9.17, 15) is 35.7 Å². The van der Waals surface area contributed by atoms with Gasteiger partial charge in [-0.15, -0.1) is 0 Å². The first-order valence-electron chi connectivity index (χ1n) is 10.6. The van der Waals surface area contributed by atoms with E-state index < -0.39 is 86.5 Å². The van der Waals surface area contributed by atoms with Crippen LogP contribution >= 0.6 is 0 Å². The van der Waals surface area contributed by atoms with Gasteiger partial charge in [0.15, 0.2) is 18.9 Å². The maximum absolute atomic E-state index is 10.3. The van der Waals surface area contributed by atoms with Gasteiger partial charge in [-0.1, -0.05) is 0 Å². The Hall–Kier alpha value is -0.520. The summed E-state index contributed by atoms with van der Waals surface area (Å²) < 4.78 is 33.7. The zero-order valence-electron chi connectivity index (χ0n) is 17.9. The Labute approximate surface area is 185 Å². The summed E-state index contributed by atoms with van der Waals surface area (Å²) in [7, 11) is 1.33. The Morgan fingerprint density at radius 3 is 2.09 bits per heavy atom. The summed E-state index contributed by atoms with van der Waals surface area (Å²) in [5.74, 6) is 0. The Morgan fingerprint density at radius 2 is 1.47 bits per heavy atom. The lowest BCUT2D eigenvalue weighted by Crippen LogP contribution is -2.62. The standard InChI is InChI=1S/C19H34O13/c1-7-9(22)4-10(23)17(28-7)30-11-3-8(5-20)29-19(27-2)16(11)32-18-15(26)14(25)13(24)12(6-21)31-18/h7-26H,3-6H2,1-2H3/t7-,8+,9-,10-,11+,12-,13+,14+,15+,16+,17-,18-,19+/m1/s1. The SMILES string of the molecule is CO[C@H]1O[C@H](CO)C[C@H](O[C@H]2O[C@H](C)[C@H](O)C[C@H]2O)[C@@H]1O[C@H]1O[C@H](CO)[C@H](O)[C@H](O)[C@@H]1O. The molecule has 0 amide bonds. The van der Waals surface area contributed by atoms with Crippen molar-refractivity contribution >= 4 is 0 Å². The summed E-state index contributed by atoms with van der Waals surface area (Å²) in [6.45, 7) is 0.650. The predicted octanol–water partition coefficient (Wildman–Crippen LogP) is -3.83. The molecule has 13 nitrogen and oxygen atoms in total. The Morgan fingerprint density at radius 1 is 0.750 bits per heavy atom. The highest BCUT2D eigenvalue weighted by molar-refractivity contribution is 4.92. The maximum atomic E-state index is 10.3. The molecule has 0 aromatic rings. The van der Waals surface area contributed by atoms with Crippen molar-refractivity contribution in [1.82, 2.24) is 0 Å². The second-order valence-corrected chi connectivity index (χ2v) is 8.33. The third kappa shape index (κ3) is 5.58. The molecule has 0 aromatic heterocycles. The average Bonchev–Trinajstić information content (AvgIpc) is 2.78. The van der Waals surface area contributed by atoms with E-state index in [4.69, 9.17) is 28.4 Å². The lowest BCUT2D eigenvalue weighted by Gasteiger charge is -2.46. The van der Waals surface area contributed by atoms with Crippen molar-refractivity contribution in [1.29, 1.82) is 0 Å². The van der Waals surface area contributed by atoms with Gasteiger partial charge in [0.1, 0.15) is 36.6 Å². The van der Waals surface area contributed by atoms with Gasteiger partial charge >= 0.3 is 0 Å².